The Balaban J connectivity index is 2.38. The second-order valence-electron chi connectivity index (χ2n) is 5.13. The molecule has 0 aromatic carbocycles. The molecule has 0 fully saturated rings. The number of aromatic nitrogens is 5. The van der Waals surface area contributed by atoms with E-state index in [-0.39, 0.29) is 11.1 Å². The van der Waals surface area contributed by atoms with Gasteiger partial charge in [0.15, 0.2) is 5.03 Å². The highest BCUT2D eigenvalue weighted by Gasteiger charge is 2.17. The van der Waals surface area contributed by atoms with Crippen LogP contribution in [-0.2, 0) is 23.0 Å². The molecule has 8 nitrogen and oxygen atoms in total. The van der Waals surface area contributed by atoms with E-state index in [0.29, 0.717) is 18.8 Å². The molecular weight excluding hydrogens is 292 g/mol. The molecule has 2 heterocycles. The zero-order chi connectivity index (χ0) is 15.6. The minimum atomic E-state index is -3.80. The Kier molecular flexibility index (Phi) is 4.43. The van der Waals surface area contributed by atoms with Crippen molar-refractivity contribution in [2.45, 2.75) is 51.2 Å². The molecule has 0 bridgehead atoms. The molecule has 0 atom stereocenters. The number of aryl methyl sites for hydroxylation is 1. The highest BCUT2D eigenvalue weighted by molar-refractivity contribution is 7.89. The predicted octanol–water partition coefficient (Wildman–Crippen LogP) is 0.704. The lowest BCUT2D eigenvalue weighted by atomic mass is 10.3. The lowest BCUT2D eigenvalue weighted by molar-refractivity contribution is 0.493. The molecular formula is C12H20N6O2S. The Hall–Kier alpha value is -1.74. The van der Waals surface area contributed by atoms with E-state index in [0.717, 1.165) is 12.2 Å². The number of nitrogens with two attached hydrogens (primary N) is 1. The molecule has 0 unspecified atom stereocenters. The van der Waals surface area contributed by atoms with E-state index in [4.69, 9.17) is 5.14 Å². The van der Waals surface area contributed by atoms with Crippen LogP contribution in [0.4, 0.5) is 0 Å². The van der Waals surface area contributed by atoms with Gasteiger partial charge in [-0.25, -0.2) is 28.2 Å². The number of sulfonamides is 1. The predicted molar refractivity (Wildman–Crippen MR) is 77.1 cm³/mol. The summed E-state index contributed by atoms with van der Waals surface area (Å²) in [7, 11) is -3.80. The molecule has 9 heteroatoms. The van der Waals surface area contributed by atoms with Gasteiger partial charge in [-0.15, -0.1) is 0 Å². The summed E-state index contributed by atoms with van der Waals surface area (Å²) in [6.07, 6.45) is 4.48. The van der Waals surface area contributed by atoms with Crippen LogP contribution in [0.5, 0.6) is 0 Å². The first-order valence-electron chi connectivity index (χ1n) is 6.80. The number of primary sulfonamides is 1. The van der Waals surface area contributed by atoms with Crippen LogP contribution < -0.4 is 5.14 Å². The molecule has 2 N–H and O–H groups in total. The molecule has 0 amide bonds. The van der Waals surface area contributed by atoms with E-state index in [1.165, 1.54) is 12.5 Å². The number of nitrogens with zero attached hydrogens (tertiary/aromatic N) is 5. The van der Waals surface area contributed by atoms with Gasteiger partial charge in [0, 0.05) is 18.7 Å². The zero-order valence-electron chi connectivity index (χ0n) is 12.4. The monoisotopic (exact) mass is 312 g/mol. The SMILES string of the molecule is CCCc1nc(S(N)(=O)=O)cn1Cc1ncnn1C(C)C. The maximum atomic E-state index is 11.4. The Morgan fingerprint density at radius 2 is 2.05 bits per heavy atom. The van der Waals surface area contributed by atoms with Crippen molar-refractivity contribution in [3.8, 4) is 0 Å². The van der Waals surface area contributed by atoms with E-state index in [1.807, 2.05) is 20.8 Å². The van der Waals surface area contributed by atoms with E-state index in [2.05, 4.69) is 15.1 Å². The van der Waals surface area contributed by atoms with Crippen LogP contribution in [0, 0.1) is 0 Å². The second kappa shape index (κ2) is 5.94. The average Bonchev–Trinajstić information content (AvgIpc) is 2.97. The fraction of sp³-hybridized carbons (Fsp3) is 0.583. The van der Waals surface area contributed by atoms with E-state index in [9.17, 15) is 8.42 Å². The van der Waals surface area contributed by atoms with Crippen molar-refractivity contribution in [2.75, 3.05) is 0 Å². The normalized spacial score (nSPS) is 12.2. The lowest BCUT2D eigenvalue weighted by Gasteiger charge is -2.11. The zero-order valence-corrected chi connectivity index (χ0v) is 13.2. The molecule has 2 aromatic rings. The number of imidazole rings is 1. The minimum Gasteiger partial charge on any atom is -0.326 e. The summed E-state index contributed by atoms with van der Waals surface area (Å²) in [5, 5.41) is 9.21. The second-order valence-corrected chi connectivity index (χ2v) is 6.64. The third-order valence-corrected chi connectivity index (χ3v) is 3.83. The van der Waals surface area contributed by atoms with Crippen molar-refractivity contribution < 1.29 is 8.42 Å². The Labute approximate surface area is 124 Å². The first-order chi connectivity index (χ1) is 9.82. The van der Waals surface area contributed by atoms with Crippen LogP contribution in [-0.4, -0.2) is 32.7 Å². The van der Waals surface area contributed by atoms with Crippen LogP contribution in [0.3, 0.4) is 0 Å². The molecule has 2 rings (SSSR count). The number of hydrogen-bond acceptors (Lipinski definition) is 5. The molecule has 21 heavy (non-hydrogen) atoms. The van der Waals surface area contributed by atoms with Crippen molar-refractivity contribution in [1.82, 2.24) is 24.3 Å². The van der Waals surface area contributed by atoms with E-state index < -0.39 is 10.0 Å². The van der Waals surface area contributed by atoms with Crippen LogP contribution in [0.25, 0.3) is 0 Å². The maximum absolute atomic E-state index is 11.4. The molecule has 116 valence electrons. The molecule has 0 saturated carbocycles. The molecule has 0 radical (unpaired) electrons. The summed E-state index contributed by atoms with van der Waals surface area (Å²) in [5.41, 5.74) is 0. The standard InChI is InChI=1S/C12H20N6O2S/c1-4-5-10-16-12(21(13,19)20)7-17(10)6-11-14-8-15-18(11)9(2)3/h7-9H,4-6H2,1-3H3,(H2,13,19,20). The summed E-state index contributed by atoms with van der Waals surface area (Å²) in [5.74, 6) is 1.43. The first kappa shape index (κ1) is 15.6. The summed E-state index contributed by atoms with van der Waals surface area (Å²) in [6, 6.07) is 0.179. The van der Waals surface area contributed by atoms with Crippen molar-refractivity contribution in [2.24, 2.45) is 5.14 Å². The molecule has 0 saturated heterocycles. The maximum Gasteiger partial charge on any atom is 0.257 e. The van der Waals surface area contributed by atoms with Gasteiger partial charge < -0.3 is 4.57 Å². The minimum absolute atomic E-state index is 0.110. The fourth-order valence-electron chi connectivity index (χ4n) is 2.10. The summed E-state index contributed by atoms with van der Waals surface area (Å²) >= 11 is 0. The van der Waals surface area contributed by atoms with Gasteiger partial charge in [0.05, 0.1) is 6.54 Å². The van der Waals surface area contributed by atoms with Crippen LogP contribution in [0.15, 0.2) is 17.6 Å². The average molecular weight is 312 g/mol. The lowest BCUT2D eigenvalue weighted by Crippen LogP contribution is -2.13. The Bertz CT molecular complexity index is 716. The molecule has 0 aliphatic rings. The van der Waals surface area contributed by atoms with Gasteiger partial charge in [0.1, 0.15) is 18.0 Å². The van der Waals surface area contributed by atoms with Crippen molar-refractivity contribution in [1.29, 1.82) is 0 Å². The summed E-state index contributed by atoms with van der Waals surface area (Å²) in [6.45, 7) is 6.44. The van der Waals surface area contributed by atoms with Gasteiger partial charge in [0.25, 0.3) is 10.0 Å². The van der Waals surface area contributed by atoms with Gasteiger partial charge in [-0.3, -0.25) is 0 Å². The third kappa shape index (κ3) is 3.48. The van der Waals surface area contributed by atoms with Gasteiger partial charge in [-0.1, -0.05) is 6.92 Å². The largest absolute Gasteiger partial charge is 0.326 e. The van der Waals surface area contributed by atoms with Crippen LogP contribution in [0.2, 0.25) is 0 Å². The van der Waals surface area contributed by atoms with Gasteiger partial charge in [0.2, 0.25) is 0 Å². The van der Waals surface area contributed by atoms with Crippen molar-refractivity contribution >= 4 is 10.0 Å². The molecule has 2 aromatic heterocycles. The Morgan fingerprint density at radius 3 is 2.62 bits per heavy atom. The number of hydrogen-bond donors (Lipinski definition) is 1. The van der Waals surface area contributed by atoms with Gasteiger partial charge >= 0.3 is 0 Å². The van der Waals surface area contributed by atoms with Gasteiger partial charge in [-0.05, 0) is 20.3 Å². The highest BCUT2D eigenvalue weighted by atomic mass is 32.2. The third-order valence-electron chi connectivity index (χ3n) is 3.05. The molecule has 0 aliphatic carbocycles. The topological polar surface area (TPSA) is 109 Å². The summed E-state index contributed by atoms with van der Waals surface area (Å²) in [4.78, 5) is 8.35. The van der Waals surface area contributed by atoms with Gasteiger partial charge in [-0.2, -0.15) is 5.10 Å². The highest BCUT2D eigenvalue weighted by Crippen LogP contribution is 2.13. The number of rotatable bonds is 6. The quantitative estimate of drug-likeness (QED) is 0.844. The first-order valence-corrected chi connectivity index (χ1v) is 8.34. The molecule has 0 spiro atoms. The van der Waals surface area contributed by atoms with E-state index in [1.54, 1.807) is 9.25 Å². The molecule has 0 aliphatic heterocycles. The van der Waals surface area contributed by atoms with Crippen LogP contribution >= 0.6 is 0 Å². The summed E-state index contributed by atoms with van der Waals surface area (Å²) < 4.78 is 26.5. The van der Waals surface area contributed by atoms with Crippen LogP contribution in [0.1, 0.15) is 44.9 Å². The fourth-order valence-corrected chi connectivity index (χ4v) is 2.60. The Morgan fingerprint density at radius 1 is 1.33 bits per heavy atom. The van der Waals surface area contributed by atoms with Crippen molar-refractivity contribution in [3.05, 3.63) is 24.2 Å². The smallest absolute Gasteiger partial charge is 0.257 e. The van der Waals surface area contributed by atoms with E-state index >= 15 is 0 Å². The van der Waals surface area contributed by atoms with Crippen molar-refractivity contribution in [3.63, 3.8) is 0 Å².